The van der Waals surface area contributed by atoms with E-state index in [0.29, 0.717) is 44.1 Å². The van der Waals surface area contributed by atoms with E-state index in [1.165, 1.54) is 11.3 Å². The van der Waals surface area contributed by atoms with Gasteiger partial charge in [-0.25, -0.2) is 4.98 Å². The van der Waals surface area contributed by atoms with Gasteiger partial charge in [0.2, 0.25) is 11.8 Å². The van der Waals surface area contributed by atoms with E-state index in [9.17, 15) is 9.59 Å². The normalized spacial score (nSPS) is 15.3. The molecule has 27 heavy (non-hydrogen) atoms. The zero-order valence-corrected chi connectivity index (χ0v) is 16.7. The van der Waals surface area contributed by atoms with E-state index in [4.69, 9.17) is 16.3 Å². The minimum absolute atomic E-state index is 0.0101. The summed E-state index contributed by atoms with van der Waals surface area (Å²) in [6, 6.07) is 7.48. The fourth-order valence-corrected chi connectivity index (χ4v) is 3.90. The van der Waals surface area contributed by atoms with E-state index in [0.717, 1.165) is 11.3 Å². The molecule has 1 aliphatic heterocycles. The maximum absolute atomic E-state index is 13.0. The van der Waals surface area contributed by atoms with Crippen LogP contribution in [0, 0.1) is 5.41 Å². The molecule has 6 nitrogen and oxygen atoms in total. The molecule has 144 valence electrons. The maximum Gasteiger partial charge on any atom is 0.230 e. The molecular formula is C19H22ClN3O3S. The average molecular weight is 408 g/mol. The number of aromatic nitrogens is 1. The number of hydrogen-bond acceptors (Lipinski definition) is 5. The number of thiazole rings is 1. The molecule has 0 aliphatic carbocycles. The van der Waals surface area contributed by atoms with Crippen LogP contribution in [-0.4, -0.2) is 48.5 Å². The monoisotopic (exact) mass is 407 g/mol. The van der Waals surface area contributed by atoms with Crippen LogP contribution in [0.4, 0.5) is 0 Å². The first kappa shape index (κ1) is 19.8. The van der Waals surface area contributed by atoms with Gasteiger partial charge < -0.3 is 15.0 Å². The number of nitrogens with zero attached hydrogens (tertiary/aromatic N) is 2. The second-order valence-electron chi connectivity index (χ2n) is 6.74. The van der Waals surface area contributed by atoms with E-state index >= 15 is 0 Å². The summed E-state index contributed by atoms with van der Waals surface area (Å²) >= 11 is 7.46. The largest absolute Gasteiger partial charge is 0.384 e. The molecule has 0 atom stereocenters. The van der Waals surface area contributed by atoms with Crippen LogP contribution in [0.3, 0.4) is 0 Å². The highest BCUT2D eigenvalue weighted by Gasteiger charge is 2.50. The summed E-state index contributed by atoms with van der Waals surface area (Å²) in [4.78, 5) is 31.1. The molecule has 1 saturated heterocycles. The Hall–Kier alpha value is -1.96. The molecule has 1 aliphatic rings. The van der Waals surface area contributed by atoms with Crippen molar-refractivity contribution in [2.45, 2.75) is 19.4 Å². The third-order valence-electron chi connectivity index (χ3n) is 4.71. The highest BCUT2D eigenvalue weighted by molar-refractivity contribution is 7.07. The van der Waals surface area contributed by atoms with Gasteiger partial charge in [0, 0.05) is 30.6 Å². The number of benzene rings is 1. The molecule has 3 rings (SSSR count). The molecule has 0 unspecified atom stereocenters. The van der Waals surface area contributed by atoms with Gasteiger partial charge >= 0.3 is 0 Å². The average Bonchev–Trinajstić information content (AvgIpc) is 3.15. The molecular weight excluding hydrogens is 386 g/mol. The van der Waals surface area contributed by atoms with Crippen molar-refractivity contribution in [1.29, 1.82) is 0 Å². The van der Waals surface area contributed by atoms with Crippen LogP contribution < -0.4 is 5.32 Å². The number of halogens is 1. The van der Waals surface area contributed by atoms with E-state index < -0.39 is 5.41 Å². The predicted octanol–water partition coefficient (Wildman–Crippen LogP) is 2.52. The standard InChI is InChI=1S/C19H22ClN3O3S/c1-26-7-6-17(24)23-11-19(12-23,8-14-2-4-15(20)5-3-14)18(25)21-9-16-10-27-13-22-16/h2-5,10,13H,6-9,11-12H2,1H3,(H,21,25). The van der Waals surface area contributed by atoms with Crippen molar-refractivity contribution in [2.24, 2.45) is 5.41 Å². The van der Waals surface area contributed by atoms with Crippen molar-refractivity contribution in [3.05, 3.63) is 51.4 Å². The molecule has 1 N–H and O–H groups in total. The quantitative estimate of drug-likeness (QED) is 0.729. The van der Waals surface area contributed by atoms with Gasteiger partial charge in [-0.15, -0.1) is 11.3 Å². The van der Waals surface area contributed by atoms with E-state index in [-0.39, 0.29) is 11.8 Å². The Bertz CT molecular complexity index is 774. The number of rotatable bonds is 8. The first-order valence-electron chi connectivity index (χ1n) is 8.69. The van der Waals surface area contributed by atoms with Crippen molar-refractivity contribution < 1.29 is 14.3 Å². The van der Waals surface area contributed by atoms with Crippen molar-refractivity contribution in [2.75, 3.05) is 26.8 Å². The van der Waals surface area contributed by atoms with Crippen molar-refractivity contribution in [3.8, 4) is 0 Å². The van der Waals surface area contributed by atoms with Gasteiger partial charge in [0.05, 0.1) is 36.2 Å². The summed E-state index contributed by atoms with van der Waals surface area (Å²) in [6.45, 7) is 1.58. The molecule has 0 radical (unpaired) electrons. The summed E-state index contributed by atoms with van der Waals surface area (Å²) in [6.07, 6.45) is 0.884. The van der Waals surface area contributed by atoms with Gasteiger partial charge in [0.1, 0.15) is 0 Å². The Kier molecular flexibility index (Phi) is 6.46. The lowest BCUT2D eigenvalue weighted by molar-refractivity contribution is -0.154. The highest BCUT2D eigenvalue weighted by atomic mass is 35.5. The van der Waals surface area contributed by atoms with E-state index in [2.05, 4.69) is 10.3 Å². The zero-order valence-electron chi connectivity index (χ0n) is 15.1. The number of carbonyl (C=O) groups excluding carboxylic acids is 2. The summed E-state index contributed by atoms with van der Waals surface area (Å²) in [7, 11) is 1.57. The van der Waals surface area contributed by atoms with Crippen molar-refractivity contribution in [3.63, 3.8) is 0 Å². The lowest BCUT2D eigenvalue weighted by Gasteiger charge is -2.49. The number of nitrogens with one attached hydrogen (secondary N) is 1. The molecule has 1 fully saturated rings. The van der Waals surface area contributed by atoms with Gasteiger partial charge in [-0.2, -0.15) is 0 Å². The van der Waals surface area contributed by atoms with Crippen LogP contribution in [0.15, 0.2) is 35.2 Å². The van der Waals surface area contributed by atoms with Crippen LogP contribution in [0.25, 0.3) is 0 Å². The summed E-state index contributed by atoms with van der Waals surface area (Å²) in [5.74, 6) is -0.0443. The van der Waals surface area contributed by atoms with Crippen LogP contribution in [0.1, 0.15) is 17.7 Å². The molecule has 1 aromatic heterocycles. The summed E-state index contributed by atoms with van der Waals surface area (Å²) in [5, 5.41) is 5.55. The Balaban J connectivity index is 1.68. The van der Waals surface area contributed by atoms with Crippen molar-refractivity contribution in [1.82, 2.24) is 15.2 Å². The zero-order chi connectivity index (χ0) is 19.3. The third-order valence-corrected chi connectivity index (χ3v) is 5.60. The molecule has 1 aromatic carbocycles. The number of methoxy groups -OCH3 is 1. The Morgan fingerprint density at radius 1 is 1.33 bits per heavy atom. The van der Waals surface area contributed by atoms with E-state index in [1.54, 1.807) is 17.5 Å². The summed E-state index contributed by atoms with van der Waals surface area (Å²) < 4.78 is 4.97. The van der Waals surface area contributed by atoms with Gasteiger partial charge in [-0.05, 0) is 24.1 Å². The van der Waals surface area contributed by atoms with Gasteiger partial charge in [0.25, 0.3) is 0 Å². The second kappa shape index (κ2) is 8.82. The number of hydrogen-bond donors (Lipinski definition) is 1. The molecule has 2 heterocycles. The molecule has 0 spiro atoms. The fourth-order valence-electron chi connectivity index (χ4n) is 3.22. The lowest BCUT2D eigenvalue weighted by Crippen LogP contribution is -2.65. The van der Waals surface area contributed by atoms with Gasteiger partial charge in [0.15, 0.2) is 0 Å². The highest BCUT2D eigenvalue weighted by Crippen LogP contribution is 2.35. The smallest absolute Gasteiger partial charge is 0.230 e. The minimum Gasteiger partial charge on any atom is -0.384 e. The van der Waals surface area contributed by atoms with Crippen LogP contribution in [0.2, 0.25) is 5.02 Å². The van der Waals surface area contributed by atoms with Crippen molar-refractivity contribution >= 4 is 34.8 Å². The number of likely N-dealkylation sites (tertiary alicyclic amines) is 1. The Labute approximate surface area is 167 Å². The minimum atomic E-state index is -0.632. The third kappa shape index (κ3) is 4.86. The molecule has 0 bridgehead atoms. The topological polar surface area (TPSA) is 71.5 Å². The van der Waals surface area contributed by atoms with Gasteiger partial charge in [-0.1, -0.05) is 23.7 Å². The predicted molar refractivity (Wildman–Crippen MR) is 105 cm³/mol. The Morgan fingerprint density at radius 2 is 2.07 bits per heavy atom. The van der Waals surface area contributed by atoms with E-state index in [1.807, 2.05) is 29.6 Å². The molecule has 2 amide bonds. The number of ether oxygens (including phenoxy) is 1. The lowest BCUT2D eigenvalue weighted by atomic mass is 9.73. The second-order valence-corrected chi connectivity index (χ2v) is 7.89. The summed E-state index contributed by atoms with van der Waals surface area (Å²) in [5.41, 5.74) is 2.96. The van der Waals surface area contributed by atoms with Gasteiger partial charge in [-0.3, -0.25) is 9.59 Å². The fraction of sp³-hybridized carbons (Fsp3) is 0.421. The maximum atomic E-state index is 13.0. The SMILES string of the molecule is COCCC(=O)N1CC(Cc2ccc(Cl)cc2)(C(=O)NCc2cscn2)C1. The number of carbonyl (C=O) groups is 2. The number of amides is 2. The Morgan fingerprint density at radius 3 is 2.70 bits per heavy atom. The first-order chi connectivity index (χ1) is 13.0. The van der Waals surface area contributed by atoms with Crippen LogP contribution in [-0.2, 0) is 27.3 Å². The van der Waals surface area contributed by atoms with Crippen LogP contribution in [0.5, 0.6) is 0 Å². The molecule has 2 aromatic rings. The first-order valence-corrected chi connectivity index (χ1v) is 10.0. The van der Waals surface area contributed by atoms with Crippen LogP contribution >= 0.6 is 22.9 Å². The molecule has 8 heteroatoms. The molecule has 0 saturated carbocycles.